The van der Waals surface area contributed by atoms with Gasteiger partial charge in [-0.1, -0.05) is 48.4 Å². The highest BCUT2D eigenvalue weighted by Gasteiger charge is 2.32. The minimum Gasteiger partial charge on any atom is -0.352 e. The highest BCUT2D eigenvalue weighted by atomic mass is 35.5. The Morgan fingerprint density at radius 2 is 1.54 bits per heavy atom. The summed E-state index contributed by atoms with van der Waals surface area (Å²) in [5.74, 6) is -1.41. The zero-order chi connectivity index (χ0) is 28.7. The first-order chi connectivity index (χ1) is 18.4. The van der Waals surface area contributed by atoms with Crippen LogP contribution < -0.4 is 9.62 Å². The van der Waals surface area contributed by atoms with Crippen LogP contribution in [0.1, 0.15) is 38.3 Å². The molecule has 39 heavy (non-hydrogen) atoms. The number of nitrogens with one attached hydrogen (secondary N) is 1. The average Bonchev–Trinajstić information content (AvgIpc) is 2.91. The molecular weight excluding hydrogens is 541 g/mol. The zero-order valence-electron chi connectivity index (χ0n) is 22.4. The van der Waals surface area contributed by atoms with Gasteiger partial charge in [0.1, 0.15) is 18.4 Å². The van der Waals surface area contributed by atoms with Crippen LogP contribution >= 0.6 is 11.6 Å². The Labute approximate surface area is 234 Å². The summed E-state index contributed by atoms with van der Waals surface area (Å²) in [4.78, 5) is 28.2. The van der Waals surface area contributed by atoms with Gasteiger partial charge in [-0.3, -0.25) is 13.9 Å². The van der Waals surface area contributed by atoms with Crippen molar-refractivity contribution in [1.29, 1.82) is 0 Å². The van der Waals surface area contributed by atoms with Crippen molar-refractivity contribution < 1.29 is 22.4 Å². The summed E-state index contributed by atoms with van der Waals surface area (Å²) in [5, 5.41) is 3.28. The minimum atomic E-state index is -4.17. The van der Waals surface area contributed by atoms with Crippen LogP contribution in [-0.4, -0.2) is 43.8 Å². The number of carbonyl (C=O) groups is 2. The van der Waals surface area contributed by atoms with Crippen molar-refractivity contribution in [3.63, 3.8) is 0 Å². The van der Waals surface area contributed by atoms with Crippen molar-refractivity contribution >= 4 is 39.1 Å². The SMILES string of the molecule is CC[C@H](C)NC(=O)[C@H](C)N(Cc1ccc(F)cc1)C(=O)CN(c1ccc(Cl)cc1)S(=O)(=O)c1ccc(C)cc1. The number of sulfonamides is 1. The van der Waals surface area contributed by atoms with E-state index in [0.29, 0.717) is 17.0 Å². The standard InChI is InChI=1S/C29H33ClFN3O4S/c1-5-21(3)32-29(36)22(4)33(18-23-8-12-25(31)13-9-23)28(35)19-34(26-14-10-24(30)11-15-26)39(37,38)27-16-6-20(2)7-17-27/h6-17,21-22H,5,18-19H2,1-4H3,(H,32,36)/t21-,22-/m0/s1. The molecule has 1 N–H and O–H groups in total. The van der Waals surface area contributed by atoms with Crippen molar-refractivity contribution in [2.75, 3.05) is 10.8 Å². The van der Waals surface area contributed by atoms with E-state index >= 15 is 0 Å². The molecule has 0 unspecified atom stereocenters. The van der Waals surface area contributed by atoms with Crippen molar-refractivity contribution in [2.24, 2.45) is 0 Å². The smallest absolute Gasteiger partial charge is 0.264 e. The van der Waals surface area contributed by atoms with Gasteiger partial charge in [0.25, 0.3) is 10.0 Å². The fourth-order valence-corrected chi connectivity index (χ4v) is 5.35. The number of nitrogens with zero attached hydrogens (tertiary/aromatic N) is 2. The molecule has 2 atom stereocenters. The molecular formula is C29H33ClFN3O4S. The fourth-order valence-electron chi connectivity index (χ4n) is 3.81. The van der Waals surface area contributed by atoms with Gasteiger partial charge >= 0.3 is 0 Å². The second kappa shape index (κ2) is 13.1. The van der Waals surface area contributed by atoms with Crippen LogP contribution in [0.15, 0.2) is 77.7 Å². The molecule has 0 saturated heterocycles. The van der Waals surface area contributed by atoms with Crippen LogP contribution in [0.3, 0.4) is 0 Å². The lowest BCUT2D eigenvalue weighted by Crippen LogP contribution is -2.52. The largest absolute Gasteiger partial charge is 0.352 e. The molecule has 0 fully saturated rings. The van der Waals surface area contributed by atoms with E-state index in [1.807, 2.05) is 20.8 Å². The second-order valence-electron chi connectivity index (χ2n) is 9.44. The zero-order valence-corrected chi connectivity index (χ0v) is 24.0. The maximum atomic E-state index is 13.8. The number of hydrogen-bond donors (Lipinski definition) is 1. The van der Waals surface area contributed by atoms with Gasteiger partial charge in [0.15, 0.2) is 0 Å². The van der Waals surface area contributed by atoms with Crippen molar-refractivity contribution in [1.82, 2.24) is 10.2 Å². The Morgan fingerprint density at radius 1 is 0.949 bits per heavy atom. The maximum Gasteiger partial charge on any atom is 0.264 e. The Hall–Kier alpha value is -3.43. The van der Waals surface area contributed by atoms with E-state index in [2.05, 4.69) is 5.32 Å². The van der Waals surface area contributed by atoms with E-state index in [-0.39, 0.29) is 29.1 Å². The average molecular weight is 574 g/mol. The molecule has 2 amide bonds. The molecule has 3 aromatic carbocycles. The first kappa shape index (κ1) is 30.1. The van der Waals surface area contributed by atoms with Crippen LogP contribution in [-0.2, 0) is 26.2 Å². The van der Waals surface area contributed by atoms with Crippen molar-refractivity contribution in [2.45, 2.75) is 57.6 Å². The first-order valence-corrected chi connectivity index (χ1v) is 14.4. The molecule has 0 heterocycles. The summed E-state index contributed by atoms with van der Waals surface area (Å²) in [5.41, 5.74) is 1.72. The molecule has 0 radical (unpaired) electrons. The molecule has 0 spiro atoms. The lowest BCUT2D eigenvalue weighted by molar-refractivity contribution is -0.139. The highest BCUT2D eigenvalue weighted by molar-refractivity contribution is 7.92. The summed E-state index contributed by atoms with van der Waals surface area (Å²) < 4.78 is 42.1. The number of aryl methyl sites for hydroxylation is 1. The molecule has 0 aliphatic rings. The summed E-state index contributed by atoms with van der Waals surface area (Å²) in [6, 6.07) is 17.0. The fraction of sp³-hybridized carbons (Fsp3) is 0.310. The van der Waals surface area contributed by atoms with Gasteiger partial charge in [0, 0.05) is 17.6 Å². The van der Waals surface area contributed by atoms with Gasteiger partial charge < -0.3 is 10.2 Å². The van der Waals surface area contributed by atoms with E-state index in [9.17, 15) is 22.4 Å². The van der Waals surface area contributed by atoms with E-state index in [1.165, 1.54) is 65.6 Å². The van der Waals surface area contributed by atoms with Gasteiger partial charge in [-0.05, 0) is 81.3 Å². The third kappa shape index (κ3) is 7.80. The monoisotopic (exact) mass is 573 g/mol. The number of carbonyl (C=O) groups excluding carboxylic acids is 2. The number of rotatable bonds is 11. The highest BCUT2D eigenvalue weighted by Crippen LogP contribution is 2.26. The van der Waals surface area contributed by atoms with E-state index < -0.39 is 34.3 Å². The molecule has 7 nitrogen and oxygen atoms in total. The van der Waals surface area contributed by atoms with Gasteiger partial charge in [0.2, 0.25) is 11.8 Å². The number of amides is 2. The lowest BCUT2D eigenvalue weighted by atomic mass is 10.1. The Kier molecular flexibility index (Phi) is 10.1. The number of halogens is 2. The number of benzene rings is 3. The van der Waals surface area contributed by atoms with Gasteiger partial charge in [-0.25, -0.2) is 12.8 Å². The summed E-state index contributed by atoms with van der Waals surface area (Å²) in [6.45, 7) is 6.62. The second-order valence-corrected chi connectivity index (χ2v) is 11.7. The van der Waals surface area contributed by atoms with Crippen molar-refractivity contribution in [3.05, 3.63) is 94.8 Å². The van der Waals surface area contributed by atoms with Gasteiger partial charge in [-0.15, -0.1) is 0 Å². The van der Waals surface area contributed by atoms with E-state index in [0.717, 1.165) is 9.87 Å². The quantitative estimate of drug-likeness (QED) is 0.337. The maximum absolute atomic E-state index is 13.8. The van der Waals surface area contributed by atoms with Gasteiger partial charge in [-0.2, -0.15) is 0 Å². The third-order valence-electron chi connectivity index (χ3n) is 6.44. The topological polar surface area (TPSA) is 86.8 Å². The van der Waals surface area contributed by atoms with Crippen LogP contribution in [0, 0.1) is 12.7 Å². The predicted octanol–water partition coefficient (Wildman–Crippen LogP) is 5.31. The summed E-state index contributed by atoms with van der Waals surface area (Å²) >= 11 is 6.04. The van der Waals surface area contributed by atoms with Crippen LogP contribution in [0.5, 0.6) is 0 Å². The van der Waals surface area contributed by atoms with Crippen molar-refractivity contribution in [3.8, 4) is 0 Å². The third-order valence-corrected chi connectivity index (χ3v) is 8.48. The van der Waals surface area contributed by atoms with Crippen LogP contribution in [0.25, 0.3) is 0 Å². The summed E-state index contributed by atoms with van der Waals surface area (Å²) in [7, 11) is -4.17. The summed E-state index contributed by atoms with van der Waals surface area (Å²) in [6.07, 6.45) is 0.698. The molecule has 10 heteroatoms. The molecule has 208 valence electrons. The van der Waals surface area contributed by atoms with Crippen LogP contribution in [0.4, 0.5) is 10.1 Å². The molecule has 0 saturated carbocycles. The molecule has 3 aromatic rings. The molecule has 0 bridgehead atoms. The Morgan fingerprint density at radius 3 is 2.10 bits per heavy atom. The first-order valence-electron chi connectivity index (χ1n) is 12.6. The van der Waals surface area contributed by atoms with Gasteiger partial charge in [0.05, 0.1) is 10.6 Å². The molecule has 0 aliphatic carbocycles. The minimum absolute atomic E-state index is 0.0171. The molecule has 3 rings (SSSR count). The Bertz CT molecular complexity index is 1380. The normalized spacial score (nSPS) is 12.9. The molecule has 0 aromatic heterocycles. The predicted molar refractivity (Wildman–Crippen MR) is 151 cm³/mol. The van der Waals surface area contributed by atoms with Crippen LogP contribution in [0.2, 0.25) is 5.02 Å². The lowest BCUT2D eigenvalue weighted by Gasteiger charge is -2.32. The molecule has 0 aliphatic heterocycles. The number of hydrogen-bond acceptors (Lipinski definition) is 4. The van der Waals surface area contributed by atoms with E-state index in [4.69, 9.17) is 11.6 Å². The number of anilines is 1. The van der Waals surface area contributed by atoms with E-state index in [1.54, 1.807) is 19.1 Å². The Balaban J connectivity index is 2.01.